The van der Waals surface area contributed by atoms with Gasteiger partial charge in [-0.05, 0) is 62.2 Å². The summed E-state index contributed by atoms with van der Waals surface area (Å²) in [7, 11) is 0. The van der Waals surface area contributed by atoms with E-state index in [2.05, 4.69) is 10.3 Å². The van der Waals surface area contributed by atoms with Gasteiger partial charge in [-0.2, -0.15) is 0 Å². The first-order chi connectivity index (χ1) is 11.6. The SMILES string of the molecule is CC(C)(C)NC(=O)c1cc(CC(=O)Cc2cc(Cl)cc(Cl)c2)ccn1. The topological polar surface area (TPSA) is 59.1 Å². The lowest BCUT2D eigenvalue weighted by Crippen LogP contribution is -2.40. The number of pyridine rings is 1. The molecule has 2 rings (SSSR count). The van der Waals surface area contributed by atoms with Gasteiger partial charge in [0.1, 0.15) is 11.5 Å². The molecule has 6 heteroatoms. The number of hydrogen-bond acceptors (Lipinski definition) is 3. The quantitative estimate of drug-likeness (QED) is 0.844. The number of rotatable bonds is 5. The van der Waals surface area contributed by atoms with Crippen LogP contribution in [-0.2, 0) is 17.6 Å². The molecule has 132 valence electrons. The van der Waals surface area contributed by atoms with Gasteiger partial charge < -0.3 is 5.32 Å². The van der Waals surface area contributed by atoms with Gasteiger partial charge in [0, 0.05) is 34.6 Å². The van der Waals surface area contributed by atoms with Crippen LogP contribution in [0.25, 0.3) is 0 Å². The minimum atomic E-state index is -0.351. The Morgan fingerprint density at radius 2 is 1.60 bits per heavy atom. The first kappa shape index (κ1) is 19.4. The summed E-state index contributed by atoms with van der Waals surface area (Å²) in [4.78, 5) is 28.6. The van der Waals surface area contributed by atoms with Crippen LogP contribution in [0.3, 0.4) is 0 Å². The maximum absolute atomic E-state index is 12.3. The molecule has 0 aliphatic rings. The van der Waals surface area contributed by atoms with Crippen molar-refractivity contribution in [3.05, 3.63) is 63.4 Å². The van der Waals surface area contributed by atoms with Crippen molar-refractivity contribution in [2.24, 2.45) is 0 Å². The summed E-state index contributed by atoms with van der Waals surface area (Å²) < 4.78 is 0. The summed E-state index contributed by atoms with van der Waals surface area (Å²) in [5.41, 5.74) is 1.46. The highest BCUT2D eigenvalue weighted by atomic mass is 35.5. The molecule has 0 atom stereocenters. The summed E-state index contributed by atoms with van der Waals surface area (Å²) in [6.07, 6.45) is 1.98. The zero-order valence-electron chi connectivity index (χ0n) is 14.4. The molecule has 1 heterocycles. The Balaban J connectivity index is 2.06. The molecule has 1 N–H and O–H groups in total. The fourth-order valence-corrected chi connectivity index (χ4v) is 2.92. The Morgan fingerprint density at radius 3 is 2.20 bits per heavy atom. The van der Waals surface area contributed by atoms with E-state index >= 15 is 0 Å². The van der Waals surface area contributed by atoms with Gasteiger partial charge in [-0.15, -0.1) is 0 Å². The van der Waals surface area contributed by atoms with Crippen molar-refractivity contribution < 1.29 is 9.59 Å². The van der Waals surface area contributed by atoms with E-state index in [-0.39, 0.29) is 30.1 Å². The standard InChI is InChI=1S/C19H20Cl2N2O2/c1-19(2,3)23-18(25)17-10-12(4-5-22-17)8-16(24)9-13-6-14(20)11-15(21)7-13/h4-7,10-11H,8-9H2,1-3H3,(H,23,25). The van der Waals surface area contributed by atoms with Gasteiger partial charge in [0.15, 0.2) is 0 Å². The van der Waals surface area contributed by atoms with Crippen LogP contribution in [0, 0.1) is 0 Å². The summed E-state index contributed by atoms with van der Waals surface area (Å²) in [6, 6.07) is 8.45. The lowest BCUT2D eigenvalue weighted by Gasteiger charge is -2.20. The predicted molar refractivity (Wildman–Crippen MR) is 100 cm³/mol. The molecule has 2 aromatic rings. The Bertz CT molecular complexity index is 778. The van der Waals surface area contributed by atoms with Crippen LogP contribution >= 0.6 is 23.2 Å². The van der Waals surface area contributed by atoms with Crippen LogP contribution in [0.15, 0.2) is 36.5 Å². The predicted octanol–water partition coefficient (Wildman–Crippen LogP) is 4.27. The monoisotopic (exact) mass is 378 g/mol. The van der Waals surface area contributed by atoms with E-state index in [1.165, 1.54) is 6.20 Å². The average Bonchev–Trinajstić information content (AvgIpc) is 2.44. The number of hydrogen-bond donors (Lipinski definition) is 1. The van der Waals surface area contributed by atoms with Crippen molar-refractivity contribution in [2.45, 2.75) is 39.2 Å². The highest BCUT2D eigenvalue weighted by molar-refractivity contribution is 6.34. The molecule has 1 aromatic carbocycles. The number of carbonyl (C=O) groups is 2. The van der Waals surface area contributed by atoms with Crippen LogP contribution < -0.4 is 5.32 Å². The lowest BCUT2D eigenvalue weighted by molar-refractivity contribution is -0.117. The Kier molecular flexibility index (Phi) is 6.20. The maximum atomic E-state index is 12.3. The second kappa shape index (κ2) is 7.98. The first-order valence-electron chi connectivity index (χ1n) is 7.86. The maximum Gasteiger partial charge on any atom is 0.270 e. The van der Waals surface area contributed by atoms with Gasteiger partial charge in [-0.25, -0.2) is 0 Å². The van der Waals surface area contributed by atoms with E-state index in [9.17, 15) is 9.59 Å². The molecular formula is C19H20Cl2N2O2. The Hall–Kier alpha value is -1.91. The third-order valence-corrected chi connectivity index (χ3v) is 3.71. The van der Waals surface area contributed by atoms with E-state index in [0.717, 1.165) is 11.1 Å². The molecule has 0 unspecified atom stereocenters. The molecule has 0 saturated heterocycles. The number of aromatic nitrogens is 1. The van der Waals surface area contributed by atoms with Gasteiger partial charge in [0.2, 0.25) is 0 Å². The number of nitrogens with zero attached hydrogens (tertiary/aromatic N) is 1. The summed E-state index contributed by atoms with van der Waals surface area (Å²) in [6.45, 7) is 5.69. The second-order valence-electron chi connectivity index (χ2n) is 6.92. The molecule has 1 amide bonds. The van der Waals surface area contributed by atoms with Crippen molar-refractivity contribution in [3.63, 3.8) is 0 Å². The van der Waals surface area contributed by atoms with Crippen LogP contribution in [0.2, 0.25) is 10.0 Å². The van der Waals surface area contributed by atoms with E-state index in [0.29, 0.717) is 15.7 Å². The third-order valence-electron chi connectivity index (χ3n) is 3.27. The largest absolute Gasteiger partial charge is 0.346 e. The average molecular weight is 379 g/mol. The van der Waals surface area contributed by atoms with Crippen LogP contribution in [0.4, 0.5) is 0 Å². The molecule has 0 spiro atoms. The van der Waals surface area contributed by atoms with Crippen LogP contribution in [0.5, 0.6) is 0 Å². The molecule has 0 radical (unpaired) electrons. The van der Waals surface area contributed by atoms with Gasteiger partial charge >= 0.3 is 0 Å². The van der Waals surface area contributed by atoms with Gasteiger partial charge in [-0.3, -0.25) is 14.6 Å². The number of nitrogens with one attached hydrogen (secondary N) is 1. The molecule has 0 bridgehead atoms. The number of benzene rings is 1. The smallest absolute Gasteiger partial charge is 0.270 e. The van der Waals surface area contributed by atoms with Crippen molar-refractivity contribution in [2.75, 3.05) is 0 Å². The third kappa shape index (κ3) is 6.48. The molecule has 0 saturated carbocycles. The zero-order valence-corrected chi connectivity index (χ0v) is 15.9. The van der Waals surface area contributed by atoms with Gasteiger partial charge in [0.05, 0.1) is 0 Å². The number of carbonyl (C=O) groups excluding carboxylic acids is 2. The van der Waals surface area contributed by atoms with Crippen molar-refractivity contribution in [1.82, 2.24) is 10.3 Å². The normalized spacial score (nSPS) is 11.2. The minimum Gasteiger partial charge on any atom is -0.346 e. The van der Waals surface area contributed by atoms with E-state index < -0.39 is 0 Å². The van der Waals surface area contributed by atoms with E-state index in [1.807, 2.05) is 20.8 Å². The van der Waals surface area contributed by atoms with Crippen molar-refractivity contribution >= 4 is 34.9 Å². The van der Waals surface area contributed by atoms with E-state index in [1.54, 1.807) is 30.3 Å². The molecule has 1 aromatic heterocycles. The van der Waals surface area contributed by atoms with Crippen LogP contribution in [-0.4, -0.2) is 22.2 Å². The van der Waals surface area contributed by atoms with E-state index in [4.69, 9.17) is 23.2 Å². The molecule has 4 nitrogen and oxygen atoms in total. The van der Waals surface area contributed by atoms with Crippen molar-refractivity contribution in [1.29, 1.82) is 0 Å². The number of ketones is 1. The fraction of sp³-hybridized carbons (Fsp3) is 0.316. The molecule has 0 fully saturated rings. The van der Waals surface area contributed by atoms with Crippen molar-refractivity contribution in [3.8, 4) is 0 Å². The van der Waals surface area contributed by atoms with Gasteiger partial charge in [0.25, 0.3) is 5.91 Å². The summed E-state index contributed by atoms with van der Waals surface area (Å²) >= 11 is 11.9. The summed E-state index contributed by atoms with van der Waals surface area (Å²) in [5, 5.41) is 3.85. The second-order valence-corrected chi connectivity index (χ2v) is 7.80. The zero-order chi connectivity index (χ0) is 18.6. The van der Waals surface area contributed by atoms with Gasteiger partial charge in [-0.1, -0.05) is 23.2 Å². The van der Waals surface area contributed by atoms with Crippen LogP contribution in [0.1, 0.15) is 42.4 Å². The molecular weight excluding hydrogens is 359 g/mol. The summed E-state index contributed by atoms with van der Waals surface area (Å²) in [5.74, 6) is -0.255. The molecule has 0 aliphatic heterocycles. The highest BCUT2D eigenvalue weighted by Gasteiger charge is 2.17. The number of halogens is 2. The molecule has 0 aliphatic carbocycles. The fourth-order valence-electron chi connectivity index (χ4n) is 2.34. The molecule has 25 heavy (non-hydrogen) atoms. The first-order valence-corrected chi connectivity index (χ1v) is 8.62. The highest BCUT2D eigenvalue weighted by Crippen LogP contribution is 2.20. The number of Topliss-reactive ketones (excluding diaryl/α,β-unsaturated/α-hetero) is 1. The lowest BCUT2D eigenvalue weighted by atomic mass is 10.0. The Labute approximate surface area is 157 Å². The Morgan fingerprint density at radius 1 is 1.00 bits per heavy atom. The number of amides is 1. The minimum absolute atomic E-state index is 0.00622.